The average molecular weight is 430 g/mol. The number of carbonyl (C=O) groups excluding carboxylic acids is 2. The van der Waals surface area contributed by atoms with Crippen molar-refractivity contribution in [3.8, 4) is 0 Å². The second kappa shape index (κ2) is 20.4. The van der Waals surface area contributed by atoms with E-state index in [2.05, 4.69) is 67.7 Å². The Morgan fingerprint density at radius 2 is 1.29 bits per heavy atom. The first-order valence-corrected chi connectivity index (χ1v) is 11.0. The van der Waals surface area contributed by atoms with Crippen molar-refractivity contribution in [2.75, 3.05) is 13.6 Å². The molecule has 3 N–H and O–H groups in total. The molecule has 0 aliphatic carbocycles. The predicted octanol–water partition coefficient (Wildman–Crippen LogP) is 5.19. The number of hydrogen-bond donors (Lipinski definition) is 2. The van der Waals surface area contributed by atoms with Crippen LogP contribution in [0.15, 0.2) is 60.8 Å². The Morgan fingerprint density at radius 3 is 1.77 bits per heavy atom. The van der Waals surface area contributed by atoms with Crippen molar-refractivity contribution in [1.29, 1.82) is 5.41 Å². The van der Waals surface area contributed by atoms with Gasteiger partial charge < -0.3 is 15.4 Å². The SMILES string of the molecule is CC/C=C/C/C=C/C/C=C/C/C=C/C/C=C/CCCCC(=O)OC(=O)CN(C)C(=N)N. The van der Waals surface area contributed by atoms with Crippen LogP contribution in [0.3, 0.4) is 0 Å². The van der Waals surface area contributed by atoms with Crippen molar-refractivity contribution < 1.29 is 14.3 Å². The molecule has 0 spiro atoms. The van der Waals surface area contributed by atoms with Crippen molar-refractivity contribution >= 4 is 17.9 Å². The molecule has 0 aliphatic heterocycles. The Hall–Kier alpha value is -2.89. The smallest absolute Gasteiger partial charge is 0.333 e. The van der Waals surface area contributed by atoms with Crippen LogP contribution in [0.4, 0.5) is 0 Å². The van der Waals surface area contributed by atoms with E-state index in [1.54, 1.807) is 0 Å². The second-order valence-corrected chi connectivity index (χ2v) is 7.04. The number of allylic oxidation sites excluding steroid dienone is 10. The van der Waals surface area contributed by atoms with E-state index >= 15 is 0 Å². The monoisotopic (exact) mass is 429 g/mol. The highest BCUT2D eigenvalue weighted by molar-refractivity contribution is 5.88. The van der Waals surface area contributed by atoms with Gasteiger partial charge >= 0.3 is 11.9 Å². The minimum absolute atomic E-state index is 0.207. The highest BCUT2D eigenvalue weighted by Crippen LogP contribution is 2.04. The molecular formula is C25H39N3O3. The van der Waals surface area contributed by atoms with Crippen molar-refractivity contribution in [3.63, 3.8) is 0 Å². The lowest BCUT2D eigenvalue weighted by molar-refractivity contribution is -0.159. The number of likely N-dealkylation sites (N-methyl/N-ethyl adjacent to an activating group) is 1. The van der Waals surface area contributed by atoms with E-state index in [9.17, 15) is 9.59 Å². The van der Waals surface area contributed by atoms with Gasteiger partial charge in [0.2, 0.25) is 0 Å². The minimum Gasteiger partial charge on any atom is -0.392 e. The van der Waals surface area contributed by atoms with E-state index in [-0.39, 0.29) is 18.9 Å². The van der Waals surface area contributed by atoms with E-state index in [4.69, 9.17) is 15.9 Å². The first-order valence-electron chi connectivity index (χ1n) is 11.0. The van der Waals surface area contributed by atoms with Gasteiger partial charge in [0.25, 0.3) is 0 Å². The molecular weight excluding hydrogens is 390 g/mol. The fourth-order valence-electron chi connectivity index (χ4n) is 2.39. The van der Waals surface area contributed by atoms with Crippen molar-refractivity contribution in [1.82, 2.24) is 4.90 Å². The number of hydrogen-bond acceptors (Lipinski definition) is 4. The van der Waals surface area contributed by atoms with Crippen LogP contribution in [-0.4, -0.2) is 36.4 Å². The number of unbranched alkanes of at least 4 members (excludes halogenated alkanes) is 2. The number of nitrogens with one attached hydrogen (secondary N) is 1. The summed E-state index contributed by atoms with van der Waals surface area (Å²) in [6.07, 6.45) is 29.2. The predicted molar refractivity (Wildman–Crippen MR) is 129 cm³/mol. The molecule has 0 amide bonds. The van der Waals surface area contributed by atoms with Crippen LogP contribution in [0.25, 0.3) is 0 Å². The molecule has 0 rings (SSSR count). The zero-order valence-electron chi connectivity index (χ0n) is 19.1. The van der Waals surface area contributed by atoms with Gasteiger partial charge in [-0.3, -0.25) is 10.2 Å². The van der Waals surface area contributed by atoms with Crippen LogP contribution in [0.1, 0.15) is 64.7 Å². The zero-order valence-corrected chi connectivity index (χ0v) is 19.1. The molecule has 0 saturated heterocycles. The summed E-state index contributed by atoms with van der Waals surface area (Å²) < 4.78 is 4.69. The second-order valence-electron chi connectivity index (χ2n) is 7.04. The topological polar surface area (TPSA) is 96.5 Å². The molecule has 0 atom stereocenters. The van der Waals surface area contributed by atoms with E-state index in [0.29, 0.717) is 6.42 Å². The van der Waals surface area contributed by atoms with Gasteiger partial charge in [-0.15, -0.1) is 0 Å². The molecule has 31 heavy (non-hydrogen) atoms. The van der Waals surface area contributed by atoms with E-state index in [1.807, 2.05) is 0 Å². The van der Waals surface area contributed by atoms with Gasteiger partial charge in [0, 0.05) is 13.5 Å². The van der Waals surface area contributed by atoms with Gasteiger partial charge in [-0.05, 0) is 51.4 Å². The molecule has 0 bridgehead atoms. The Kier molecular flexibility index (Phi) is 18.5. The lowest BCUT2D eigenvalue weighted by Gasteiger charge is -2.14. The first kappa shape index (κ1) is 28.1. The summed E-state index contributed by atoms with van der Waals surface area (Å²) in [5.74, 6) is -1.48. The molecule has 6 nitrogen and oxygen atoms in total. The van der Waals surface area contributed by atoms with Crippen molar-refractivity contribution in [2.24, 2.45) is 5.73 Å². The zero-order chi connectivity index (χ0) is 23.2. The highest BCUT2D eigenvalue weighted by Gasteiger charge is 2.13. The third-order valence-corrected chi connectivity index (χ3v) is 4.16. The number of rotatable bonds is 16. The number of carbonyl (C=O) groups is 2. The number of guanidine groups is 1. The van der Waals surface area contributed by atoms with Crippen LogP contribution in [0, 0.1) is 5.41 Å². The summed E-state index contributed by atoms with van der Waals surface area (Å²) in [6.45, 7) is 1.93. The molecule has 0 aliphatic rings. The summed E-state index contributed by atoms with van der Waals surface area (Å²) in [5.41, 5.74) is 5.22. The lowest BCUT2D eigenvalue weighted by Crippen LogP contribution is -2.37. The molecule has 0 radical (unpaired) electrons. The number of nitrogens with two attached hydrogens (primary N) is 1. The number of esters is 2. The molecule has 0 saturated carbocycles. The average Bonchev–Trinajstić information content (AvgIpc) is 2.72. The standard InChI is InChI=1S/C25H39N3O3/c1-3-4-5-6-7-8-9-10-11-12-13-14-15-16-17-18-19-20-21-23(29)31-24(30)22-28(2)25(26)27/h4-5,7-8,10-11,13-14,16-17H,3,6,9,12,15,18-22H2,1-2H3,(H3,26,27)/b5-4+,8-7+,11-10+,14-13+,17-16+. The number of ether oxygens (including phenoxy) is 1. The Labute approximate surface area is 187 Å². The summed E-state index contributed by atoms with van der Waals surface area (Å²) in [7, 11) is 1.49. The Bertz CT molecular complexity index is 661. The van der Waals surface area contributed by atoms with Crippen LogP contribution in [0.5, 0.6) is 0 Å². The number of nitrogens with zero attached hydrogens (tertiary/aromatic N) is 1. The molecule has 6 heteroatoms. The quantitative estimate of drug-likeness (QED) is 0.0878. The molecule has 0 unspecified atom stereocenters. The van der Waals surface area contributed by atoms with Gasteiger partial charge in [0.05, 0.1) is 0 Å². The van der Waals surface area contributed by atoms with Crippen LogP contribution in [0.2, 0.25) is 0 Å². The molecule has 0 aromatic rings. The third kappa shape index (κ3) is 20.2. The van der Waals surface area contributed by atoms with Crippen LogP contribution in [-0.2, 0) is 14.3 Å². The molecule has 0 aromatic heterocycles. The summed E-state index contributed by atoms with van der Waals surface area (Å²) in [4.78, 5) is 24.3. The summed E-state index contributed by atoms with van der Waals surface area (Å²) in [6, 6.07) is 0. The maximum atomic E-state index is 11.6. The minimum atomic E-state index is -0.694. The van der Waals surface area contributed by atoms with Gasteiger partial charge in [-0.1, -0.05) is 67.7 Å². The Balaban J connectivity index is 3.65. The molecule has 172 valence electrons. The van der Waals surface area contributed by atoms with Crippen LogP contribution >= 0.6 is 0 Å². The molecule has 0 fully saturated rings. The fourth-order valence-corrected chi connectivity index (χ4v) is 2.39. The van der Waals surface area contributed by atoms with Gasteiger partial charge in [0.1, 0.15) is 6.54 Å². The highest BCUT2D eigenvalue weighted by atomic mass is 16.6. The third-order valence-electron chi connectivity index (χ3n) is 4.16. The van der Waals surface area contributed by atoms with E-state index in [0.717, 1.165) is 44.9 Å². The summed E-state index contributed by atoms with van der Waals surface area (Å²) >= 11 is 0. The van der Waals surface area contributed by atoms with Gasteiger partial charge in [-0.2, -0.15) is 0 Å². The largest absolute Gasteiger partial charge is 0.392 e. The first-order chi connectivity index (χ1) is 15.0. The Morgan fingerprint density at radius 1 is 0.806 bits per heavy atom. The molecule has 0 aromatic carbocycles. The van der Waals surface area contributed by atoms with E-state index in [1.165, 1.54) is 11.9 Å². The molecule has 0 heterocycles. The van der Waals surface area contributed by atoms with E-state index < -0.39 is 11.9 Å². The van der Waals surface area contributed by atoms with Crippen molar-refractivity contribution in [2.45, 2.75) is 64.7 Å². The van der Waals surface area contributed by atoms with Gasteiger partial charge in [0.15, 0.2) is 5.96 Å². The normalized spacial score (nSPS) is 12.1. The fraction of sp³-hybridized carbons (Fsp3) is 0.480. The maximum absolute atomic E-state index is 11.6. The van der Waals surface area contributed by atoms with Crippen molar-refractivity contribution in [3.05, 3.63) is 60.8 Å². The van der Waals surface area contributed by atoms with Crippen LogP contribution < -0.4 is 5.73 Å². The lowest BCUT2D eigenvalue weighted by atomic mass is 10.2. The maximum Gasteiger partial charge on any atom is 0.333 e. The van der Waals surface area contributed by atoms with Gasteiger partial charge in [-0.25, -0.2) is 4.79 Å². The summed E-state index contributed by atoms with van der Waals surface area (Å²) in [5, 5.41) is 7.16.